The second-order valence-corrected chi connectivity index (χ2v) is 5.59. The maximum atomic E-state index is 5.59. The SMILES string of the molecule is CCCOC(=Nc1ccccc1)SSCC. The van der Waals surface area contributed by atoms with E-state index in [1.165, 1.54) is 0 Å². The molecule has 4 heteroatoms. The van der Waals surface area contributed by atoms with Crippen molar-refractivity contribution < 1.29 is 4.74 Å². The Labute approximate surface area is 105 Å². The average molecular weight is 255 g/mol. The minimum atomic E-state index is 0.725. The summed E-state index contributed by atoms with van der Waals surface area (Å²) < 4.78 is 5.59. The van der Waals surface area contributed by atoms with E-state index >= 15 is 0 Å². The molecule has 0 unspecified atom stereocenters. The molecule has 1 aromatic rings. The van der Waals surface area contributed by atoms with Gasteiger partial charge in [-0.05, 0) is 18.6 Å². The summed E-state index contributed by atoms with van der Waals surface area (Å²) >= 11 is 0. The second-order valence-electron chi connectivity index (χ2n) is 3.05. The van der Waals surface area contributed by atoms with Gasteiger partial charge in [-0.2, -0.15) is 0 Å². The molecule has 1 rings (SSSR count). The van der Waals surface area contributed by atoms with Crippen molar-refractivity contribution in [3.05, 3.63) is 30.3 Å². The molecule has 88 valence electrons. The number of hydrogen-bond donors (Lipinski definition) is 0. The van der Waals surface area contributed by atoms with E-state index in [0.29, 0.717) is 0 Å². The van der Waals surface area contributed by atoms with Crippen LogP contribution in [0.25, 0.3) is 0 Å². The number of rotatable bonds is 5. The van der Waals surface area contributed by atoms with Gasteiger partial charge in [0.05, 0.1) is 12.3 Å². The Hall–Kier alpha value is -0.610. The Morgan fingerprint density at radius 1 is 1.25 bits per heavy atom. The highest BCUT2D eigenvalue weighted by Crippen LogP contribution is 2.25. The third kappa shape index (κ3) is 5.47. The van der Waals surface area contributed by atoms with Crippen LogP contribution in [0.4, 0.5) is 5.69 Å². The quantitative estimate of drug-likeness (QED) is 0.439. The maximum absolute atomic E-state index is 5.59. The van der Waals surface area contributed by atoms with E-state index in [1.54, 1.807) is 21.6 Å². The molecule has 16 heavy (non-hydrogen) atoms. The largest absolute Gasteiger partial charge is 0.472 e. The van der Waals surface area contributed by atoms with Gasteiger partial charge in [-0.1, -0.05) is 42.8 Å². The van der Waals surface area contributed by atoms with Crippen LogP contribution in [0.3, 0.4) is 0 Å². The fourth-order valence-corrected chi connectivity index (χ4v) is 2.39. The Balaban J connectivity index is 2.63. The van der Waals surface area contributed by atoms with Crippen LogP contribution in [0.2, 0.25) is 0 Å². The van der Waals surface area contributed by atoms with Gasteiger partial charge < -0.3 is 4.74 Å². The lowest BCUT2D eigenvalue weighted by molar-refractivity contribution is 0.315. The van der Waals surface area contributed by atoms with Gasteiger partial charge in [-0.25, -0.2) is 4.99 Å². The molecule has 0 aliphatic rings. The monoisotopic (exact) mass is 255 g/mol. The topological polar surface area (TPSA) is 21.6 Å². The first-order valence-corrected chi connectivity index (χ1v) is 7.74. The molecule has 0 heterocycles. The van der Waals surface area contributed by atoms with Crippen molar-refractivity contribution in [2.45, 2.75) is 20.3 Å². The summed E-state index contributed by atoms with van der Waals surface area (Å²) in [6.07, 6.45) is 1.01. The Kier molecular flexibility index (Phi) is 7.17. The van der Waals surface area contributed by atoms with E-state index in [0.717, 1.165) is 29.7 Å². The van der Waals surface area contributed by atoms with Crippen molar-refractivity contribution in [1.82, 2.24) is 0 Å². The highest BCUT2D eigenvalue weighted by molar-refractivity contribution is 8.82. The minimum absolute atomic E-state index is 0.725. The minimum Gasteiger partial charge on any atom is -0.472 e. The van der Waals surface area contributed by atoms with E-state index < -0.39 is 0 Å². The summed E-state index contributed by atoms with van der Waals surface area (Å²) in [6.45, 7) is 4.94. The normalized spacial score (nSPS) is 11.5. The third-order valence-electron chi connectivity index (χ3n) is 1.65. The summed E-state index contributed by atoms with van der Waals surface area (Å²) in [6, 6.07) is 9.90. The van der Waals surface area contributed by atoms with E-state index in [1.807, 2.05) is 30.3 Å². The van der Waals surface area contributed by atoms with Crippen LogP contribution in [0, 0.1) is 0 Å². The first kappa shape index (κ1) is 13.5. The lowest BCUT2D eigenvalue weighted by atomic mass is 10.3. The third-order valence-corrected chi connectivity index (χ3v) is 3.85. The Morgan fingerprint density at radius 3 is 2.62 bits per heavy atom. The summed E-state index contributed by atoms with van der Waals surface area (Å²) in [5.74, 6) is 1.05. The predicted molar refractivity (Wildman–Crippen MR) is 75.5 cm³/mol. The van der Waals surface area contributed by atoms with Gasteiger partial charge in [-0.15, -0.1) is 0 Å². The highest BCUT2D eigenvalue weighted by atomic mass is 33.1. The van der Waals surface area contributed by atoms with Gasteiger partial charge in [0, 0.05) is 16.5 Å². The van der Waals surface area contributed by atoms with Crippen LogP contribution >= 0.6 is 21.6 Å². The van der Waals surface area contributed by atoms with Crippen LogP contribution in [-0.2, 0) is 4.74 Å². The van der Waals surface area contributed by atoms with Crippen LogP contribution in [-0.4, -0.2) is 17.6 Å². The van der Waals surface area contributed by atoms with E-state index in [4.69, 9.17) is 4.74 Å². The molecule has 0 atom stereocenters. The number of aliphatic imine (C=N–C) groups is 1. The van der Waals surface area contributed by atoms with Gasteiger partial charge in [-0.3, -0.25) is 0 Å². The fraction of sp³-hybridized carbons (Fsp3) is 0.417. The Morgan fingerprint density at radius 2 is 2.00 bits per heavy atom. The zero-order valence-electron chi connectivity index (χ0n) is 9.68. The van der Waals surface area contributed by atoms with Crippen molar-refractivity contribution in [2.24, 2.45) is 4.99 Å². The lowest BCUT2D eigenvalue weighted by Crippen LogP contribution is -1.99. The molecule has 1 aromatic carbocycles. The molecule has 0 saturated heterocycles. The van der Waals surface area contributed by atoms with E-state index in [9.17, 15) is 0 Å². The van der Waals surface area contributed by atoms with Crippen molar-refractivity contribution in [3.63, 3.8) is 0 Å². The van der Waals surface area contributed by atoms with Gasteiger partial charge in [0.1, 0.15) is 0 Å². The smallest absolute Gasteiger partial charge is 0.261 e. The average Bonchev–Trinajstić information content (AvgIpc) is 2.34. The van der Waals surface area contributed by atoms with Crippen molar-refractivity contribution in [1.29, 1.82) is 0 Å². The van der Waals surface area contributed by atoms with Crippen molar-refractivity contribution >= 4 is 32.5 Å². The van der Waals surface area contributed by atoms with Crippen molar-refractivity contribution in [3.8, 4) is 0 Å². The standard InChI is InChI=1S/C12H17NOS2/c1-3-10-14-12(16-15-4-2)13-11-8-6-5-7-9-11/h5-9H,3-4,10H2,1-2H3. The lowest BCUT2D eigenvalue weighted by Gasteiger charge is -2.06. The summed E-state index contributed by atoms with van der Waals surface area (Å²) in [4.78, 5) is 4.47. The number of ether oxygens (including phenoxy) is 1. The zero-order chi connectivity index (χ0) is 11.6. The molecular weight excluding hydrogens is 238 g/mol. The first-order valence-electron chi connectivity index (χ1n) is 5.42. The van der Waals surface area contributed by atoms with Crippen LogP contribution in [0.1, 0.15) is 20.3 Å². The van der Waals surface area contributed by atoms with Gasteiger partial charge in [0.25, 0.3) is 5.23 Å². The maximum Gasteiger partial charge on any atom is 0.261 e. The van der Waals surface area contributed by atoms with Crippen LogP contribution in [0.15, 0.2) is 35.3 Å². The predicted octanol–water partition coefficient (Wildman–Crippen LogP) is 4.50. The Bertz CT molecular complexity index is 304. The molecule has 0 fully saturated rings. The van der Waals surface area contributed by atoms with Crippen LogP contribution in [0.5, 0.6) is 0 Å². The summed E-state index contributed by atoms with van der Waals surface area (Å²) in [7, 11) is 3.35. The number of nitrogens with zero attached hydrogens (tertiary/aromatic N) is 1. The van der Waals surface area contributed by atoms with E-state index in [2.05, 4.69) is 18.8 Å². The number of para-hydroxylation sites is 1. The van der Waals surface area contributed by atoms with Gasteiger partial charge in [0.2, 0.25) is 0 Å². The first-order chi connectivity index (χ1) is 7.86. The zero-order valence-corrected chi connectivity index (χ0v) is 11.3. The molecule has 0 spiro atoms. The molecule has 0 aliphatic heterocycles. The highest BCUT2D eigenvalue weighted by Gasteiger charge is 2.01. The van der Waals surface area contributed by atoms with Crippen molar-refractivity contribution in [2.75, 3.05) is 12.4 Å². The molecule has 0 aliphatic carbocycles. The summed E-state index contributed by atoms with van der Waals surface area (Å²) in [5.41, 5.74) is 0.942. The van der Waals surface area contributed by atoms with Crippen LogP contribution < -0.4 is 0 Å². The number of hydrogen-bond acceptors (Lipinski definition) is 4. The molecule has 0 aromatic heterocycles. The molecule has 0 saturated carbocycles. The molecule has 0 radical (unpaired) electrons. The van der Waals surface area contributed by atoms with E-state index in [-0.39, 0.29) is 0 Å². The summed E-state index contributed by atoms with van der Waals surface area (Å²) in [5, 5.41) is 0.750. The second kappa shape index (κ2) is 8.53. The molecule has 0 bridgehead atoms. The van der Waals surface area contributed by atoms with Gasteiger partial charge in [0.15, 0.2) is 0 Å². The molecular formula is C12H17NOS2. The molecule has 0 N–H and O–H groups in total. The fourth-order valence-electron chi connectivity index (χ4n) is 0.982. The van der Waals surface area contributed by atoms with Gasteiger partial charge >= 0.3 is 0 Å². The number of benzene rings is 1. The molecule has 0 amide bonds. The molecule has 2 nitrogen and oxygen atoms in total.